The molecule has 0 atom stereocenters. The maximum atomic E-state index is 12.7. The Kier molecular flexibility index (Phi) is 5.03. The molecule has 1 amide bonds. The van der Waals surface area contributed by atoms with Gasteiger partial charge in [0, 0.05) is 24.4 Å². The first-order valence-corrected chi connectivity index (χ1v) is 9.44. The Balaban J connectivity index is 1.99. The summed E-state index contributed by atoms with van der Waals surface area (Å²) in [5, 5.41) is 5.69. The van der Waals surface area contributed by atoms with Crippen molar-refractivity contribution in [1.29, 1.82) is 0 Å². The largest absolute Gasteiger partial charge is 0.493 e. The number of pyridine rings is 1. The van der Waals surface area contributed by atoms with Crippen LogP contribution in [-0.4, -0.2) is 27.3 Å². The minimum atomic E-state index is -0.342. The molecule has 1 aliphatic carbocycles. The van der Waals surface area contributed by atoms with Gasteiger partial charge in [-0.2, -0.15) is 10.1 Å². The van der Waals surface area contributed by atoms with E-state index in [-0.39, 0.29) is 11.3 Å². The summed E-state index contributed by atoms with van der Waals surface area (Å²) in [4.78, 5) is 21.7. The number of aromatic nitrogens is 3. The summed E-state index contributed by atoms with van der Waals surface area (Å²) in [6.07, 6.45) is 5.56. The molecule has 1 saturated carbocycles. The van der Waals surface area contributed by atoms with Gasteiger partial charge in [0.1, 0.15) is 16.3 Å². The Morgan fingerprint density at radius 2 is 2.20 bits per heavy atom. The van der Waals surface area contributed by atoms with Crippen LogP contribution < -0.4 is 9.54 Å². The van der Waals surface area contributed by atoms with Crippen LogP contribution in [-0.2, 0) is 12.0 Å². The molecule has 0 N–H and O–H groups in total. The quantitative estimate of drug-likeness (QED) is 0.821. The van der Waals surface area contributed by atoms with E-state index in [2.05, 4.69) is 30.7 Å². The fourth-order valence-electron chi connectivity index (χ4n) is 2.33. The monoisotopic (exact) mass is 360 g/mol. The molecular formula is C18H24N4O2S. The molecule has 0 aromatic carbocycles. The second-order valence-electron chi connectivity index (χ2n) is 7.29. The Hall–Kier alpha value is -2.02. The van der Waals surface area contributed by atoms with E-state index in [1.807, 2.05) is 11.6 Å². The van der Waals surface area contributed by atoms with Crippen molar-refractivity contribution >= 4 is 17.2 Å². The van der Waals surface area contributed by atoms with E-state index in [0.29, 0.717) is 28.6 Å². The molecular weight excluding hydrogens is 336 g/mol. The predicted molar refractivity (Wildman–Crippen MR) is 96.8 cm³/mol. The third-order valence-electron chi connectivity index (χ3n) is 3.90. The van der Waals surface area contributed by atoms with Gasteiger partial charge in [-0.1, -0.05) is 32.1 Å². The molecule has 1 fully saturated rings. The van der Waals surface area contributed by atoms with Crippen molar-refractivity contribution in [2.24, 2.45) is 10.9 Å². The summed E-state index contributed by atoms with van der Waals surface area (Å²) in [5.74, 6) is 0.826. The van der Waals surface area contributed by atoms with Gasteiger partial charge >= 0.3 is 0 Å². The van der Waals surface area contributed by atoms with Crippen molar-refractivity contribution < 1.29 is 9.53 Å². The van der Waals surface area contributed by atoms with Crippen LogP contribution in [0.4, 0.5) is 0 Å². The number of hydrogen-bond acceptors (Lipinski definition) is 5. The Morgan fingerprint density at radius 3 is 2.84 bits per heavy atom. The highest BCUT2D eigenvalue weighted by atomic mass is 32.1. The van der Waals surface area contributed by atoms with E-state index in [1.54, 1.807) is 12.3 Å². The highest BCUT2D eigenvalue weighted by Crippen LogP contribution is 2.30. The Labute approximate surface area is 151 Å². The van der Waals surface area contributed by atoms with Crippen molar-refractivity contribution in [1.82, 2.24) is 14.8 Å². The normalized spacial score (nSPS) is 15.4. The summed E-state index contributed by atoms with van der Waals surface area (Å²) < 4.78 is 7.41. The van der Waals surface area contributed by atoms with Crippen LogP contribution in [0.3, 0.4) is 0 Å². The van der Waals surface area contributed by atoms with Gasteiger partial charge in [0.05, 0.1) is 6.61 Å². The smallest absolute Gasteiger partial charge is 0.285 e. The molecule has 1 aliphatic rings. The van der Waals surface area contributed by atoms with E-state index in [0.717, 1.165) is 11.6 Å². The van der Waals surface area contributed by atoms with Gasteiger partial charge in [0.15, 0.2) is 0 Å². The number of rotatable bonds is 5. The van der Waals surface area contributed by atoms with Crippen LogP contribution >= 0.6 is 11.3 Å². The number of nitrogens with zero attached hydrogens (tertiary/aromatic N) is 4. The maximum Gasteiger partial charge on any atom is 0.285 e. The molecule has 6 nitrogen and oxygen atoms in total. The van der Waals surface area contributed by atoms with Gasteiger partial charge in [0.25, 0.3) is 5.91 Å². The van der Waals surface area contributed by atoms with Gasteiger partial charge in [-0.3, -0.25) is 9.78 Å². The summed E-state index contributed by atoms with van der Waals surface area (Å²) in [7, 11) is 0. The van der Waals surface area contributed by atoms with Crippen molar-refractivity contribution in [3.05, 3.63) is 33.8 Å². The molecule has 2 aromatic heterocycles. The standard InChI is InChI=1S/C18H24N4O2S/c1-5-24-14-8-9-19-10-13(14)15(23)20-17-22(11-12-6-7-12)21-16(25-17)18(2,3)4/h8-10,12H,5-7,11H2,1-4H3. The fourth-order valence-corrected chi connectivity index (χ4v) is 3.30. The second kappa shape index (κ2) is 7.07. The van der Waals surface area contributed by atoms with E-state index in [4.69, 9.17) is 9.84 Å². The maximum absolute atomic E-state index is 12.7. The lowest BCUT2D eigenvalue weighted by Crippen LogP contribution is -2.20. The average Bonchev–Trinajstić information content (AvgIpc) is 3.27. The molecule has 134 valence electrons. The molecule has 25 heavy (non-hydrogen) atoms. The van der Waals surface area contributed by atoms with Gasteiger partial charge in [-0.25, -0.2) is 4.68 Å². The molecule has 0 bridgehead atoms. The van der Waals surface area contributed by atoms with Crippen molar-refractivity contribution in [2.45, 2.75) is 52.5 Å². The zero-order valence-corrected chi connectivity index (χ0v) is 16.0. The first kappa shape index (κ1) is 17.8. The number of ether oxygens (including phenoxy) is 1. The van der Waals surface area contributed by atoms with Gasteiger partial charge in [-0.05, 0) is 31.7 Å². The Bertz CT molecular complexity index is 828. The predicted octanol–water partition coefficient (Wildman–Crippen LogP) is 3.19. The molecule has 0 unspecified atom stereocenters. The van der Waals surface area contributed by atoms with Crippen molar-refractivity contribution in [3.8, 4) is 5.75 Å². The summed E-state index contributed by atoms with van der Waals surface area (Å²) in [6, 6.07) is 1.69. The molecule has 0 saturated heterocycles. The second-order valence-corrected chi connectivity index (χ2v) is 8.24. The highest BCUT2D eigenvalue weighted by molar-refractivity contribution is 7.09. The number of carbonyl (C=O) groups excluding carboxylic acids is 1. The molecule has 2 heterocycles. The van der Waals surface area contributed by atoms with Gasteiger partial charge < -0.3 is 4.74 Å². The minimum Gasteiger partial charge on any atom is -0.493 e. The van der Waals surface area contributed by atoms with Crippen LogP contribution in [0.25, 0.3) is 0 Å². The SMILES string of the molecule is CCOc1ccncc1C(=O)N=c1sc(C(C)(C)C)nn1CC1CC1. The van der Waals surface area contributed by atoms with Crippen molar-refractivity contribution in [2.75, 3.05) is 6.61 Å². The van der Waals surface area contributed by atoms with Crippen LogP contribution in [0, 0.1) is 5.92 Å². The number of hydrogen-bond donors (Lipinski definition) is 0. The highest BCUT2D eigenvalue weighted by Gasteiger charge is 2.26. The van der Waals surface area contributed by atoms with Crippen LogP contribution in [0.5, 0.6) is 5.75 Å². The molecule has 2 aromatic rings. The summed E-state index contributed by atoms with van der Waals surface area (Å²) in [5.41, 5.74) is 0.311. The summed E-state index contributed by atoms with van der Waals surface area (Å²) >= 11 is 1.48. The summed E-state index contributed by atoms with van der Waals surface area (Å²) in [6.45, 7) is 9.55. The minimum absolute atomic E-state index is 0.0719. The number of amides is 1. The number of carbonyl (C=O) groups is 1. The molecule has 0 aliphatic heterocycles. The van der Waals surface area contributed by atoms with E-state index >= 15 is 0 Å². The fraction of sp³-hybridized carbons (Fsp3) is 0.556. The topological polar surface area (TPSA) is 69.4 Å². The zero-order valence-electron chi connectivity index (χ0n) is 15.2. The Morgan fingerprint density at radius 1 is 1.44 bits per heavy atom. The van der Waals surface area contributed by atoms with E-state index in [1.165, 1.54) is 30.4 Å². The molecule has 0 spiro atoms. The van der Waals surface area contributed by atoms with Crippen molar-refractivity contribution in [3.63, 3.8) is 0 Å². The lowest BCUT2D eigenvalue weighted by atomic mass is 9.98. The first-order chi connectivity index (χ1) is 11.9. The zero-order chi connectivity index (χ0) is 18.0. The van der Waals surface area contributed by atoms with Crippen LogP contribution in [0.15, 0.2) is 23.5 Å². The lowest BCUT2D eigenvalue weighted by molar-refractivity contribution is 0.0993. The van der Waals surface area contributed by atoms with E-state index < -0.39 is 0 Å². The van der Waals surface area contributed by atoms with Gasteiger partial charge in [0.2, 0.25) is 4.80 Å². The van der Waals surface area contributed by atoms with Gasteiger partial charge in [-0.15, -0.1) is 0 Å². The molecule has 0 radical (unpaired) electrons. The lowest BCUT2D eigenvalue weighted by Gasteiger charge is -2.12. The average molecular weight is 360 g/mol. The van der Waals surface area contributed by atoms with Crippen LogP contribution in [0.1, 0.15) is 55.9 Å². The van der Waals surface area contributed by atoms with E-state index in [9.17, 15) is 4.79 Å². The molecule has 7 heteroatoms. The third-order valence-corrected chi connectivity index (χ3v) is 5.27. The van der Waals surface area contributed by atoms with Crippen LogP contribution in [0.2, 0.25) is 0 Å². The first-order valence-electron chi connectivity index (χ1n) is 8.62. The molecule has 3 rings (SSSR count). The third kappa shape index (κ3) is 4.34.